The first-order chi connectivity index (χ1) is 10.7. The van der Waals surface area contributed by atoms with E-state index in [1.807, 2.05) is 0 Å². The largest absolute Gasteiger partial charge is 1.00 e. The maximum atomic E-state index is 3.61. The molecule has 0 amide bonds. The van der Waals surface area contributed by atoms with Crippen LogP contribution in [0.3, 0.4) is 0 Å². The first-order valence-electron chi connectivity index (χ1n) is 10.2. The van der Waals surface area contributed by atoms with Gasteiger partial charge in [0, 0.05) is 5.33 Å². The SMILES string of the molecule is CCCCCC[N+](CCCC)(CCCCBr)CCCCCC.[Cl-]. The van der Waals surface area contributed by atoms with Crippen molar-refractivity contribution in [3.05, 3.63) is 0 Å². The Hall–Kier alpha value is 0.730. The number of alkyl halides is 1. The van der Waals surface area contributed by atoms with Crippen molar-refractivity contribution in [3.63, 3.8) is 0 Å². The van der Waals surface area contributed by atoms with Gasteiger partial charge in [0.25, 0.3) is 0 Å². The van der Waals surface area contributed by atoms with Gasteiger partial charge >= 0.3 is 0 Å². The summed E-state index contributed by atoms with van der Waals surface area (Å²) in [5.41, 5.74) is 0. The summed E-state index contributed by atoms with van der Waals surface area (Å²) in [5, 5.41) is 1.17. The molecule has 0 aliphatic carbocycles. The summed E-state index contributed by atoms with van der Waals surface area (Å²) in [4.78, 5) is 0. The predicted octanol–water partition coefficient (Wildman–Crippen LogP) is 3.94. The van der Waals surface area contributed by atoms with Crippen LogP contribution in [0.4, 0.5) is 0 Å². The molecule has 3 heteroatoms. The van der Waals surface area contributed by atoms with Crippen LogP contribution in [0.2, 0.25) is 0 Å². The molecule has 23 heavy (non-hydrogen) atoms. The van der Waals surface area contributed by atoms with Crippen molar-refractivity contribution >= 4 is 15.9 Å². The molecule has 1 nitrogen and oxygen atoms in total. The molecular formula is C20H43BrClN. The molecule has 0 unspecified atom stereocenters. The second-order valence-electron chi connectivity index (χ2n) is 7.11. The fourth-order valence-corrected chi connectivity index (χ4v) is 3.85. The maximum Gasteiger partial charge on any atom is 0.0786 e. The first-order valence-corrected chi connectivity index (χ1v) is 11.3. The molecule has 0 aliphatic heterocycles. The van der Waals surface area contributed by atoms with Gasteiger partial charge in [-0.15, -0.1) is 0 Å². The second-order valence-corrected chi connectivity index (χ2v) is 7.90. The third kappa shape index (κ3) is 14.8. The van der Waals surface area contributed by atoms with Gasteiger partial charge in [-0.05, 0) is 44.9 Å². The third-order valence-electron chi connectivity index (χ3n) is 4.97. The number of halogens is 2. The second kappa shape index (κ2) is 19.1. The minimum atomic E-state index is 0. The van der Waals surface area contributed by atoms with Crippen molar-refractivity contribution in [1.29, 1.82) is 0 Å². The van der Waals surface area contributed by atoms with E-state index in [0.29, 0.717) is 0 Å². The van der Waals surface area contributed by atoms with Gasteiger partial charge in [0.15, 0.2) is 0 Å². The van der Waals surface area contributed by atoms with Gasteiger partial charge in [-0.3, -0.25) is 0 Å². The normalized spacial score (nSPS) is 11.5. The molecule has 0 rings (SSSR count). The van der Waals surface area contributed by atoms with E-state index in [9.17, 15) is 0 Å². The Kier molecular flexibility index (Phi) is 21.5. The van der Waals surface area contributed by atoms with Gasteiger partial charge in [0.1, 0.15) is 0 Å². The lowest BCUT2D eigenvalue weighted by Gasteiger charge is -2.39. The molecule has 0 aromatic carbocycles. The summed E-state index contributed by atoms with van der Waals surface area (Å²) >= 11 is 3.61. The molecule has 0 N–H and O–H groups in total. The van der Waals surface area contributed by atoms with Gasteiger partial charge < -0.3 is 16.9 Å². The topological polar surface area (TPSA) is 0 Å². The molecule has 0 radical (unpaired) electrons. The molecule has 0 spiro atoms. The lowest BCUT2D eigenvalue weighted by atomic mass is 10.1. The first kappa shape index (κ1) is 26.0. The van der Waals surface area contributed by atoms with Crippen molar-refractivity contribution in [1.82, 2.24) is 0 Å². The molecule has 0 aromatic heterocycles. The number of unbranched alkanes of at least 4 members (excludes halogenated alkanes) is 8. The zero-order chi connectivity index (χ0) is 16.5. The Labute approximate surface area is 162 Å². The summed E-state index contributed by atoms with van der Waals surface area (Å²) in [6.45, 7) is 12.7. The fourth-order valence-electron chi connectivity index (χ4n) is 3.45. The molecule has 0 fully saturated rings. The Morgan fingerprint density at radius 3 is 1.30 bits per heavy atom. The molecule has 0 saturated heterocycles. The van der Waals surface area contributed by atoms with Crippen LogP contribution in [0.15, 0.2) is 0 Å². The highest BCUT2D eigenvalue weighted by molar-refractivity contribution is 9.09. The molecule has 0 atom stereocenters. The summed E-state index contributed by atoms with van der Waals surface area (Å²) in [7, 11) is 0. The highest BCUT2D eigenvalue weighted by atomic mass is 79.9. The average Bonchev–Trinajstić information content (AvgIpc) is 2.54. The molecule has 0 aromatic rings. The third-order valence-corrected chi connectivity index (χ3v) is 5.53. The minimum Gasteiger partial charge on any atom is -1.00 e. The Bertz CT molecular complexity index is 212. The highest BCUT2D eigenvalue weighted by Crippen LogP contribution is 2.18. The standard InChI is InChI=1S/C20H43BrN.ClH/c1-4-7-10-13-18-22(17-9-6-3,20-15-12-16-21)19-14-11-8-5-2;/h4-20H2,1-3H3;1H/q+1;/p-1. The van der Waals surface area contributed by atoms with Crippen molar-refractivity contribution in [2.75, 3.05) is 31.5 Å². The number of hydrogen-bond acceptors (Lipinski definition) is 0. The summed E-state index contributed by atoms with van der Waals surface area (Å²) in [6.07, 6.45) is 16.8. The fraction of sp³-hybridized carbons (Fsp3) is 1.00. The van der Waals surface area contributed by atoms with Crippen molar-refractivity contribution in [3.8, 4) is 0 Å². The van der Waals surface area contributed by atoms with E-state index in [1.165, 1.54) is 113 Å². The quantitative estimate of drug-likeness (QED) is 0.193. The van der Waals surface area contributed by atoms with Gasteiger partial charge in [0.05, 0.1) is 26.2 Å². The van der Waals surface area contributed by atoms with Crippen molar-refractivity contribution < 1.29 is 16.9 Å². The zero-order valence-electron chi connectivity index (χ0n) is 16.2. The minimum absolute atomic E-state index is 0. The summed E-state index contributed by atoms with van der Waals surface area (Å²) in [5.74, 6) is 0. The van der Waals surface area contributed by atoms with Crippen LogP contribution in [0.25, 0.3) is 0 Å². The van der Waals surface area contributed by atoms with E-state index >= 15 is 0 Å². The number of quaternary nitrogens is 1. The maximum absolute atomic E-state index is 3.61. The van der Waals surface area contributed by atoms with Crippen LogP contribution in [0, 0.1) is 0 Å². The van der Waals surface area contributed by atoms with E-state index in [2.05, 4.69) is 36.7 Å². The number of rotatable bonds is 17. The van der Waals surface area contributed by atoms with Crippen LogP contribution >= 0.6 is 15.9 Å². The predicted molar refractivity (Wildman–Crippen MR) is 106 cm³/mol. The Morgan fingerprint density at radius 2 is 0.913 bits per heavy atom. The van der Waals surface area contributed by atoms with E-state index in [4.69, 9.17) is 0 Å². The van der Waals surface area contributed by atoms with Gasteiger partial charge in [-0.25, -0.2) is 0 Å². The highest BCUT2D eigenvalue weighted by Gasteiger charge is 2.25. The Morgan fingerprint density at radius 1 is 0.522 bits per heavy atom. The molecule has 0 heterocycles. The lowest BCUT2D eigenvalue weighted by Crippen LogP contribution is -3.00. The van der Waals surface area contributed by atoms with Crippen LogP contribution < -0.4 is 12.4 Å². The molecule has 142 valence electrons. The van der Waals surface area contributed by atoms with Crippen molar-refractivity contribution in [2.24, 2.45) is 0 Å². The van der Waals surface area contributed by atoms with Gasteiger partial charge in [-0.2, -0.15) is 0 Å². The van der Waals surface area contributed by atoms with Crippen LogP contribution in [0.1, 0.15) is 97.8 Å². The molecule has 0 saturated carbocycles. The number of hydrogen-bond donors (Lipinski definition) is 0. The van der Waals surface area contributed by atoms with E-state index < -0.39 is 0 Å². The van der Waals surface area contributed by atoms with Crippen LogP contribution in [-0.2, 0) is 0 Å². The monoisotopic (exact) mass is 411 g/mol. The zero-order valence-corrected chi connectivity index (χ0v) is 18.6. The van der Waals surface area contributed by atoms with E-state index in [0.717, 1.165) is 0 Å². The van der Waals surface area contributed by atoms with E-state index in [-0.39, 0.29) is 12.4 Å². The van der Waals surface area contributed by atoms with E-state index in [1.54, 1.807) is 0 Å². The Balaban J connectivity index is 0. The summed E-state index contributed by atoms with van der Waals surface area (Å²) in [6, 6.07) is 0. The average molecular weight is 413 g/mol. The van der Waals surface area contributed by atoms with Crippen LogP contribution in [0.5, 0.6) is 0 Å². The smallest absolute Gasteiger partial charge is 0.0786 e. The lowest BCUT2D eigenvalue weighted by molar-refractivity contribution is -0.929. The molecular weight excluding hydrogens is 370 g/mol. The van der Waals surface area contributed by atoms with Crippen molar-refractivity contribution in [2.45, 2.75) is 97.8 Å². The van der Waals surface area contributed by atoms with Gasteiger partial charge in [0.2, 0.25) is 0 Å². The van der Waals surface area contributed by atoms with Crippen LogP contribution in [-0.4, -0.2) is 36.0 Å². The summed E-state index contributed by atoms with van der Waals surface area (Å²) < 4.78 is 1.42. The van der Waals surface area contributed by atoms with Gasteiger partial charge in [-0.1, -0.05) is 68.8 Å². The number of nitrogens with zero attached hydrogens (tertiary/aromatic N) is 1. The molecule has 0 bridgehead atoms. The molecule has 0 aliphatic rings.